The number of rotatable bonds is 6. The lowest BCUT2D eigenvalue weighted by Gasteiger charge is -2.07. The number of phenolic OH excluding ortho intramolecular Hbond substituents is 1. The Morgan fingerprint density at radius 2 is 1.85 bits per heavy atom. The Morgan fingerprint density at radius 3 is 2.56 bits per heavy atom. The number of furan rings is 1. The van der Waals surface area contributed by atoms with Crippen molar-refractivity contribution in [1.29, 1.82) is 0 Å². The van der Waals surface area contributed by atoms with Crippen LogP contribution in [0, 0.1) is 0 Å². The largest absolute Gasteiger partial charge is 0.508 e. The fourth-order valence-corrected chi connectivity index (χ4v) is 2.48. The van der Waals surface area contributed by atoms with Gasteiger partial charge >= 0.3 is 5.97 Å². The number of carbonyl (C=O) groups is 3. The molecule has 1 heterocycles. The maximum Gasteiger partial charge on any atom is 0.310 e. The fraction of sp³-hybridized carbons (Fsp3) is 0.105. The third-order valence-corrected chi connectivity index (χ3v) is 3.79. The molecule has 0 bridgehead atoms. The van der Waals surface area contributed by atoms with Crippen molar-refractivity contribution in [1.82, 2.24) is 0 Å². The number of amides is 2. The summed E-state index contributed by atoms with van der Waals surface area (Å²) < 4.78 is 10.2. The molecule has 1 aromatic heterocycles. The zero-order chi connectivity index (χ0) is 19.4. The number of ether oxygens (including phenoxy) is 1. The number of hydrogen-bond donors (Lipinski definition) is 3. The highest BCUT2D eigenvalue weighted by Gasteiger charge is 2.13. The summed E-state index contributed by atoms with van der Waals surface area (Å²) in [6.07, 6.45) is 1.34. The van der Waals surface area contributed by atoms with E-state index >= 15 is 0 Å². The molecule has 2 aromatic carbocycles. The van der Waals surface area contributed by atoms with Gasteiger partial charge in [-0.25, -0.2) is 0 Å². The van der Waals surface area contributed by atoms with Crippen molar-refractivity contribution in [2.24, 2.45) is 5.73 Å². The van der Waals surface area contributed by atoms with Gasteiger partial charge in [-0.15, -0.1) is 0 Å². The Labute approximate surface area is 153 Å². The van der Waals surface area contributed by atoms with E-state index in [0.717, 1.165) is 0 Å². The third-order valence-electron chi connectivity index (χ3n) is 3.79. The number of esters is 1. The molecule has 27 heavy (non-hydrogen) atoms. The van der Waals surface area contributed by atoms with Gasteiger partial charge in [-0.2, -0.15) is 0 Å². The lowest BCUT2D eigenvalue weighted by Crippen LogP contribution is -2.21. The van der Waals surface area contributed by atoms with Crippen LogP contribution in [0.5, 0.6) is 5.75 Å². The zero-order valence-electron chi connectivity index (χ0n) is 14.1. The van der Waals surface area contributed by atoms with Gasteiger partial charge in [0.2, 0.25) is 5.91 Å². The number of nitrogens with one attached hydrogen (secondary N) is 1. The molecule has 0 unspecified atom stereocenters. The lowest BCUT2D eigenvalue weighted by atomic mass is 10.1. The molecule has 0 radical (unpaired) electrons. The van der Waals surface area contributed by atoms with E-state index in [1.165, 1.54) is 42.7 Å². The van der Waals surface area contributed by atoms with Crippen LogP contribution in [0.25, 0.3) is 11.0 Å². The number of aromatic hydroxyl groups is 1. The monoisotopic (exact) mass is 368 g/mol. The Balaban J connectivity index is 1.52. The van der Waals surface area contributed by atoms with Gasteiger partial charge in [-0.3, -0.25) is 14.4 Å². The summed E-state index contributed by atoms with van der Waals surface area (Å²) in [5.74, 6) is -1.61. The minimum absolute atomic E-state index is 0.0616. The highest BCUT2D eigenvalue weighted by Crippen LogP contribution is 2.25. The Kier molecular flexibility index (Phi) is 5.07. The summed E-state index contributed by atoms with van der Waals surface area (Å²) in [5.41, 5.74) is 6.95. The second kappa shape index (κ2) is 7.61. The minimum atomic E-state index is -0.593. The van der Waals surface area contributed by atoms with Gasteiger partial charge in [-0.05, 0) is 36.4 Å². The average Bonchev–Trinajstić information content (AvgIpc) is 3.02. The van der Waals surface area contributed by atoms with Crippen molar-refractivity contribution in [3.63, 3.8) is 0 Å². The number of benzene rings is 2. The highest BCUT2D eigenvalue weighted by atomic mass is 16.5. The molecule has 3 aromatic rings. The molecule has 0 saturated heterocycles. The minimum Gasteiger partial charge on any atom is -0.508 e. The number of fused-ring (bicyclic) bond motifs is 1. The predicted molar refractivity (Wildman–Crippen MR) is 96.1 cm³/mol. The topological polar surface area (TPSA) is 132 Å². The average molecular weight is 368 g/mol. The molecular weight excluding hydrogens is 352 g/mol. The van der Waals surface area contributed by atoms with Crippen LogP contribution in [0.4, 0.5) is 5.69 Å². The van der Waals surface area contributed by atoms with E-state index in [9.17, 15) is 19.5 Å². The van der Waals surface area contributed by atoms with Gasteiger partial charge in [0.05, 0.1) is 12.7 Å². The predicted octanol–water partition coefficient (Wildman–Crippen LogP) is 1.96. The van der Waals surface area contributed by atoms with Crippen LogP contribution < -0.4 is 11.1 Å². The van der Waals surface area contributed by atoms with Crippen LogP contribution in [0.1, 0.15) is 15.9 Å². The highest BCUT2D eigenvalue weighted by molar-refractivity contribution is 5.95. The van der Waals surface area contributed by atoms with Crippen molar-refractivity contribution in [2.75, 3.05) is 11.9 Å². The molecule has 0 aliphatic carbocycles. The number of primary amides is 1. The van der Waals surface area contributed by atoms with Crippen molar-refractivity contribution in [3.8, 4) is 5.75 Å². The maximum absolute atomic E-state index is 12.0. The first-order valence-corrected chi connectivity index (χ1v) is 7.97. The number of phenols is 1. The zero-order valence-corrected chi connectivity index (χ0v) is 14.1. The molecular formula is C19H16N2O6. The van der Waals surface area contributed by atoms with E-state index in [-0.39, 0.29) is 12.2 Å². The molecule has 0 saturated carbocycles. The number of carbonyl (C=O) groups excluding carboxylic acids is 3. The van der Waals surface area contributed by atoms with Crippen LogP contribution in [0.15, 0.2) is 53.1 Å². The van der Waals surface area contributed by atoms with E-state index in [0.29, 0.717) is 27.8 Å². The van der Waals surface area contributed by atoms with Crippen molar-refractivity contribution in [3.05, 3.63) is 59.9 Å². The third kappa shape index (κ3) is 4.43. The van der Waals surface area contributed by atoms with E-state index < -0.39 is 24.4 Å². The van der Waals surface area contributed by atoms with Crippen LogP contribution in [-0.4, -0.2) is 29.5 Å². The lowest BCUT2D eigenvalue weighted by molar-refractivity contribution is -0.146. The van der Waals surface area contributed by atoms with E-state index in [1.54, 1.807) is 6.07 Å². The molecule has 0 spiro atoms. The summed E-state index contributed by atoms with van der Waals surface area (Å²) in [6, 6.07) is 10.6. The fourth-order valence-electron chi connectivity index (χ4n) is 2.48. The van der Waals surface area contributed by atoms with Crippen LogP contribution in [-0.2, 0) is 20.7 Å². The van der Waals surface area contributed by atoms with Crippen LogP contribution >= 0.6 is 0 Å². The Bertz CT molecular complexity index is 1010. The van der Waals surface area contributed by atoms with Gasteiger partial charge in [0.15, 0.2) is 6.61 Å². The molecule has 3 rings (SSSR count). The summed E-state index contributed by atoms with van der Waals surface area (Å²) >= 11 is 0. The first-order valence-electron chi connectivity index (χ1n) is 7.97. The van der Waals surface area contributed by atoms with Crippen molar-refractivity contribution in [2.45, 2.75) is 6.42 Å². The van der Waals surface area contributed by atoms with Crippen LogP contribution in [0.3, 0.4) is 0 Å². The number of nitrogens with two attached hydrogens (primary N) is 1. The van der Waals surface area contributed by atoms with Gasteiger partial charge in [0.1, 0.15) is 11.3 Å². The quantitative estimate of drug-likeness (QED) is 0.570. The second-order valence-electron chi connectivity index (χ2n) is 5.77. The Morgan fingerprint density at radius 1 is 1.11 bits per heavy atom. The first kappa shape index (κ1) is 18.0. The second-order valence-corrected chi connectivity index (χ2v) is 5.77. The molecule has 0 aliphatic heterocycles. The molecule has 0 atom stereocenters. The SMILES string of the molecule is NC(=O)c1ccc(NC(=O)COC(=O)Cc2coc3cc(O)ccc23)cc1. The number of anilines is 1. The smallest absolute Gasteiger partial charge is 0.310 e. The molecule has 138 valence electrons. The molecule has 0 aliphatic rings. The maximum atomic E-state index is 12.0. The first-order chi connectivity index (χ1) is 12.9. The molecule has 8 nitrogen and oxygen atoms in total. The molecule has 2 amide bonds. The van der Waals surface area contributed by atoms with Crippen molar-refractivity contribution < 1.29 is 28.6 Å². The standard InChI is InChI=1S/C19H16N2O6/c20-19(25)11-1-3-13(4-2-11)21-17(23)10-27-18(24)7-12-9-26-16-8-14(22)5-6-15(12)16/h1-6,8-9,22H,7,10H2,(H2,20,25)(H,21,23). The van der Waals surface area contributed by atoms with E-state index in [4.69, 9.17) is 14.9 Å². The molecule has 8 heteroatoms. The summed E-state index contributed by atoms with van der Waals surface area (Å²) in [4.78, 5) is 34.8. The van der Waals surface area contributed by atoms with Crippen molar-refractivity contribution >= 4 is 34.4 Å². The summed E-state index contributed by atoms with van der Waals surface area (Å²) in [5, 5.41) is 12.6. The van der Waals surface area contributed by atoms with E-state index in [2.05, 4.69) is 5.32 Å². The molecule has 4 N–H and O–H groups in total. The van der Waals surface area contributed by atoms with Crippen LogP contribution in [0.2, 0.25) is 0 Å². The van der Waals surface area contributed by atoms with Gasteiger partial charge < -0.3 is 25.3 Å². The van der Waals surface area contributed by atoms with Gasteiger partial charge in [-0.1, -0.05) is 0 Å². The normalized spacial score (nSPS) is 10.5. The number of hydrogen-bond acceptors (Lipinski definition) is 6. The van der Waals surface area contributed by atoms with E-state index in [1.807, 2.05) is 0 Å². The summed E-state index contributed by atoms with van der Waals surface area (Å²) in [6.45, 7) is -0.451. The molecule has 0 fully saturated rings. The Hall–Kier alpha value is -3.81. The van der Waals surface area contributed by atoms with Gasteiger partial charge in [0.25, 0.3) is 5.91 Å². The van der Waals surface area contributed by atoms with Gasteiger partial charge in [0, 0.05) is 28.3 Å². The summed E-state index contributed by atoms with van der Waals surface area (Å²) in [7, 11) is 0.